The van der Waals surface area contributed by atoms with E-state index in [0.29, 0.717) is 31.8 Å². The average molecular weight is 651 g/mol. The molecule has 1 N–H and O–H groups in total. The quantitative estimate of drug-likeness (QED) is 0.0588. The molecule has 0 bridgehead atoms. The van der Waals surface area contributed by atoms with Crippen LogP contribution in [0.4, 0.5) is 0 Å². The van der Waals surface area contributed by atoms with E-state index in [0.717, 1.165) is 19.3 Å². The average Bonchev–Trinajstić information content (AvgIpc) is 3.02. The highest BCUT2D eigenvalue weighted by Gasteiger charge is 2.50. The maximum Gasteiger partial charge on any atom is 0.363 e. The number of carbonyl (C=O) groups excluding carboxylic acids is 2. The zero-order valence-corrected chi connectivity index (χ0v) is 30.7. The van der Waals surface area contributed by atoms with E-state index in [9.17, 15) is 20.2 Å². The first-order valence-corrected chi connectivity index (χ1v) is 18.8. The number of Topliss-reactive ketones (excluding diaryl/α,β-unsaturated/α-hetero) is 1. The molecule has 2 aromatic carbocycles. The van der Waals surface area contributed by atoms with Crippen molar-refractivity contribution >= 4 is 36.2 Å². The lowest BCUT2D eigenvalue weighted by Gasteiger charge is -2.43. The van der Waals surface area contributed by atoms with Gasteiger partial charge in [-0.3, -0.25) is 9.59 Å². The summed E-state index contributed by atoms with van der Waals surface area (Å²) in [6, 6.07) is 21.1. The minimum Gasteiger partial charge on any atom is -0.469 e. The number of aliphatic hydroxyl groups excluding tert-OH is 1. The molecule has 0 amide bonds. The molecule has 7 nitrogen and oxygen atoms in total. The fraction of sp³-hybridized carbons (Fsp3) is 0.605. The third-order valence-electron chi connectivity index (χ3n) is 9.38. The van der Waals surface area contributed by atoms with Gasteiger partial charge in [0.2, 0.25) is 5.78 Å². The molecule has 0 aliphatic rings. The van der Waals surface area contributed by atoms with Crippen LogP contribution >= 0.6 is 0 Å². The maximum absolute atomic E-state index is 13.4. The highest BCUT2D eigenvalue weighted by Crippen LogP contribution is 2.37. The second kappa shape index (κ2) is 18.4. The van der Waals surface area contributed by atoms with Crippen LogP contribution < -0.4 is 10.4 Å². The number of carbonyl (C=O) groups is 2. The monoisotopic (exact) mass is 650 g/mol. The Morgan fingerprint density at radius 1 is 0.826 bits per heavy atom. The summed E-state index contributed by atoms with van der Waals surface area (Å²) in [4.78, 5) is 28.2. The van der Waals surface area contributed by atoms with Gasteiger partial charge in [-0.2, -0.15) is 4.79 Å². The summed E-state index contributed by atoms with van der Waals surface area (Å²) in [6.07, 6.45) is 2.91. The zero-order chi connectivity index (χ0) is 34.5. The highest BCUT2D eigenvalue weighted by atomic mass is 28.4. The summed E-state index contributed by atoms with van der Waals surface area (Å²) >= 11 is 0. The molecule has 46 heavy (non-hydrogen) atoms. The summed E-state index contributed by atoms with van der Waals surface area (Å²) in [6.45, 7) is 17.4. The van der Waals surface area contributed by atoms with E-state index in [4.69, 9.17) is 9.16 Å². The van der Waals surface area contributed by atoms with Crippen molar-refractivity contribution in [3.05, 3.63) is 66.2 Å². The second-order valence-electron chi connectivity index (χ2n) is 14.6. The molecule has 0 aromatic heterocycles. The topological polar surface area (TPSA) is 109 Å². The predicted octanol–water partition coefficient (Wildman–Crippen LogP) is 6.86. The Bertz CT molecular complexity index is 1230. The Morgan fingerprint density at radius 3 is 1.83 bits per heavy atom. The van der Waals surface area contributed by atoms with Crippen LogP contribution in [0.15, 0.2) is 60.7 Å². The number of methoxy groups -OCH3 is 1. The number of hydrogen-bond acceptors (Lipinski definition) is 5. The van der Waals surface area contributed by atoms with Gasteiger partial charge in [-0.05, 0) is 71.2 Å². The molecule has 2 aromatic rings. The fourth-order valence-corrected chi connectivity index (χ4v) is 11.5. The van der Waals surface area contributed by atoms with Crippen molar-refractivity contribution < 1.29 is 28.6 Å². The van der Waals surface area contributed by atoms with Crippen molar-refractivity contribution in [1.82, 2.24) is 0 Å². The van der Waals surface area contributed by atoms with Crippen LogP contribution in [0.5, 0.6) is 0 Å². The van der Waals surface area contributed by atoms with Crippen LogP contribution in [0.2, 0.25) is 5.04 Å². The molecule has 1 unspecified atom stereocenters. The van der Waals surface area contributed by atoms with Gasteiger partial charge in [-0.1, -0.05) is 116 Å². The van der Waals surface area contributed by atoms with Gasteiger partial charge in [0.25, 0.3) is 8.32 Å². The fourth-order valence-electron chi connectivity index (χ4n) is 6.91. The first-order chi connectivity index (χ1) is 21.7. The van der Waals surface area contributed by atoms with E-state index >= 15 is 0 Å². The molecule has 0 radical (unpaired) electrons. The van der Waals surface area contributed by atoms with Gasteiger partial charge < -0.3 is 19.8 Å². The number of aliphatic hydroxyl groups is 1. The zero-order valence-electron chi connectivity index (χ0n) is 29.7. The van der Waals surface area contributed by atoms with Crippen molar-refractivity contribution in [2.45, 2.75) is 105 Å². The van der Waals surface area contributed by atoms with E-state index in [1.807, 2.05) is 26.0 Å². The lowest BCUT2D eigenvalue weighted by molar-refractivity contribution is -0.141. The first-order valence-electron chi connectivity index (χ1n) is 16.9. The van der Waals surface area contributed by atoms with Gasteiger partial charge in [-0.25, -0.2) is 0 Å². The molecular formula is C38H58N2O5Si. The molecule has 6 atom stereocenters. The minimum atomic E-state index is -2.64. The molecule has 0 heterocycles. The van der Waals surface area contributed by atoms with E-state index in [1.165, 1.54) is 17.5 Å². The maximum atomic E-state index is 13.4. The number of ether oxygens (including phenoxy) is 1. The van der Waals surface area contributed by atoms with Crippen LogP contribution in [0, 0.1) is 29.6 Å². The van der Waals surface area contributed by atoms with E-state index in [1.54, 1.807) is 0 Å². The largest absolute Gasteiger partial charge is 0.469 e. The van der Waals surface area contributed by atoms with Crippen LogP contribution in [0.1, 0.15) is 93.9 Å². The molecule has 0 saturated heterocycles. The molecule has 254 valence electrons. The van der Waals surface area contributed by atoms with Crippen LogP contribution in [0.25, 0.3) is 5.53 Å². The smallest absolute Gasteiger partial charge is 0.363 e. The van der Waals surface area contributed by atoms with Gasteiger partial charge in [-0.15, -0.1) is 0 Å². The second-order valence-corrected chi connectivity index (χ2v) is 18.9. The van der Waals surface area contributed by atoms with Crippen LogP contribution in [-0.2, 0) is 18.8 Å². The van der Waals surface area contributed by atoms with Gasteiger partial charge in [0.05, 0.1) is 7.11 Å². The summed E-state index contributed by atoms with van der Waals surface area (Å²) in [5.74, 6) is -0.429. The Labute approximate surface area is 278 Å². The van der Waals surface area contributed by atoms with Crippen molar-refractivity contribution in [2.75, 3.05) is 13.7 Å². The van der Waals surface area contributed by atoms with Gasteiger partial charge in [0.1, 0.15) is 0 Å². The number of rotatable bonds is 19. The number of benzene rings is 2. The lowest BCUT2D eigenvalue weighted by Crippen LogP contribution is -2.66. The van der Waals surface area contributed by atoms with Crippen molar-refractivity contribution in [3.63, 3.8) is 0 Å². The van der Waals surface area contributed by atoms with Gasteiger partial charge >= 0.3 is 11.7 Å². The summed E-state index contributed by atoms with van der Waals surface area (Å²) in [5, 5.41) is 13.4. The Hall–Kier alpha value is -2.90. The minimum absolute atomic E-state index is 0.111. The van der Waals surface area contributed by atoms with E-state index < -0.39 is 20.3 Å². The summed E-state index contributed by atoms with van der Waals surface area (Å²) in [5.41, 5.74) is 9.63. The molecule has 2 rings (SSSR count). The predicted molar refractivity (Wildman–Crippen MR) is 189 cm³/mol. The molecule has 0 spiro atoms. The summed E-state index contributed by atoms with van der Waals surface area (Å²) < 4.78 is 11.8. The standard InChI is InChI=1S/C38H58N2O5Si/c1-27(20-21-34(41)44-9)24-29(3)26-31(5)37(43)35(40-39)36(42)30(4)25-28(2)22-23-45-46(38(6,7)8,32-16-12-10-13-17-32)33-18-14-11-15-19-33/h10-19,27-31,37,43H,20-26H2,1-9H3/t27-,28-,29+,30-,31+,37?/m1/s1. The number of esters is 1. The van der Waals surface area contributed by atoms with Crippen LogP contribution in [-0.4, -0.2) is 55.5 Å². The van der Waals surface area contributed by atoms with E-state index in [2.05, 4.69) is 94.9 Å². The third kappa shape index (κ3) is 10.8. The Morgan fingerprint density at radius 2 is 1.35 bits per heavy atom. The molecular weight excluding hydrogens is 593 g/mol. The molecule has 0 fully saturated rings. The SMILES string of the molecule is COC(=O)CC[C@@H](C)C[C@H](C)C[C@H](C)C(O)C(=[N+]=[N-])C(=O)[C@H](C)C[C@H](C)CCO[Si](c1ccccc1)(c1ccccc1)C(C)(C)C. The molecule has 8 heteroatoms. The first kappa shape index (κ1) is 39.3. The molecule has 0 saturated carbocycles. The highest BCUT2D eigenvalue weighted by molar-refractivity contribution is 6.99. The summed E-state index contributed by atoms with van der Waals surface area (Å²) in [7, 11) is -1.24. The van der Waals surface area contributed by atoms with E-state index in [-0.39, 0.29) is 40.3 Å². The number of nitrogens with zero attached hydrogens (tertiary/aromatic N) is 2. The molecule has 0 aliphatic heterocycles. The van der Waals surface area contributed by atoms with Gasteiger partial charge in [0.15, 0.2) is 6.10 Å². The van der Waals surface area contributed by atoms with Crippen molar-refractivity contribution in [2.24, 2.45) is 29.6 Å². The van der Waals surface area contributed by atoms with Crippen molar-refractivity contribution in [1.29, 1.82) is 0 Å². The van der Waals surface area contributed by atoms with Crippen LogP contribution in [0.3, 0.4) is 0 Å². The number of ketones is 1. The lowest BCUT2D eigenvalue weighted by atomic mass is 9.82. The Balaban J connectivity index is 2.02. The number of hydrogen-bond donors (Lipinski definition) is 1. The Kier molecular flexibility index (Phi) is 15.7. The third-order valence-corrected chi connectivity index (χ3v) is 14.4. The van der Waals surface area contributed by atoms with Crippen molar-refractivity contribution in [3.8, 4) is 0 Å². The van der Waals surface area contributed by atoms with Gasteiger partial charge in [0, 0.05) is 18.9 Å². The normalized spacial score (nSPS) is 16.0. The molecule has 0 aliphatic carbocycles.